The second-order valence-corrected chi connectivity index (χ2v) is 8.13. The van der Waals surface area contributed by atoms with Crippen molar-refractivity contribution in [1.82, 2.24) is 25.0 Å². The highest BCUT2D eigenvalue weighted by Crippen LogP contribution is 2.28. The summed E-state index contributed by atoms with van der Waals surface area (Å²) >= 11 is 0. The summed E-state index contributed by atoms with van der Waals surface area (Å²) in [6.45, 7) is 1.96. The zero-order valence-corrected chi connectivity index (χ0v) is 16.5. The molecule has 0 unspecified atom stereocenters. The van der Waals surface area contributed by atoms with Crippen LogP contribution in [0.4, 0.5) is 5.69 Å². The Kier molecular flexibility index (Phi) is 4.80. The van der Waals surface area contributed by atoms with Gasteiger partial charge >= 0.3 is 5.69 Å². The Labute approximate surface area is 170 Å². The molecule has 4 rings (SSSR count). The molecule has 4 aromatic rings. The van der Waals surface area contributed by atoms with Crippen molar-refractivity contribution in [1.29, 1.82) is 0 Å². The molecule has 10 nitrogen and oxygen atoms in total. The Bertz CT molecular complexity index is 1450. The number of anilines is 1. The average molecular weight is 424 g/mol. The first kappa shape index (κ1) is 19.3. The molecule has 11 heteroatoms. The lowest BCUT2D eigenvalue weighted by molar-refractivity contribution is 0.599. The second kappa shape index (κ2) is 7.44. The van der Waals surface area contributed by atoms with Crippen molar-refractivity contribution < 1.29 is 8.42 Å². The largest absolute Gasteiger partial charge is 0.325 e. The number of aromatic amines is 2. The van der Waals surface area contributed by atoms with Gasteiger partial charge in [0.25, 0.3) is 15.6 Å². The minimum Gasteiger partial charge on any atom is -0.313 e. The molecule has 0 saturated carbocycles. The van der Waals surface area contributed by atoms with Gasteiger partial charge in [-0.25, -0.2) is 17.9 Å². The highest BCUT2D eigenvalue weighted by molar-refractivity contribution is 7.92. The van der Waals surface area contributed by atoms with Crippen molar-refractivity contribution in [3.63, 3.8) is 0 Å². The lowest BCUT2D eigenvalue weighted by atomic mass is 10.1. The lowest BCUT2D eigenvalue weighted by Gasteiger charge is -2.10. The topological polar surface area (TPSA) is 143 Å². The number of sulfonamides is 1. The molecule has 30 heavy (non-hydrogen) atoms. The fourth-order valence-corrected chi connectivity index (χ4v) is 3.96. The highest BCUT2D eigenvalue weighted by Gasteiger charge is 2.21. The molecule has 2 aromatic heterocycles. The quantitative estimate of drug-likeness (QED) is 0.442. The Balaban J connectivity index is 1.72. The number of aromatic nitrogens is 5. The van der Waals surface area contributed by atoms with Crippen LogP contribution in [0, 0.1) is 6.92 Å². The molecular weight excluding hydrogens is 408 g/mol. The SMILES string of the molecule is Cc1cccc(-n2cc(-c3ccccc3NS(=O)(=O)c3c[nH]c(=O)[nH]c3=O)nn2)c1. The first-order valence-corrected chi connectivity index (χ1v) is 10.3. The number of rotatable bonds is 5. The molecule has 0 aliphatic rings. The summed E-state index contributed by atoms with van der Waals surface area (Å²) < 4.78 is 29.3. The van der Waals surface area contributed by atoms with Gasteiger partial charge in [-0.15, -0.1) is 5.10 Å². The third kappa shape index (κ3) is 3.78. The number of hydrogen-bond donors (Lipinski definition) is 3. The van der Waals surface area contributed by atoms with Gasteiger partial charge in [0, 0.05) is 11.8 Å². The van der Waals surface area contributed by atoms with E-state index in [1.54, 1.807) is 35.1 Å². The highest BCUT2D eigenvalue weighted by atomic mass is 32.2. The Morgan fingerprint density at radius 3 is 2.63 bits per heavy atom. The number of nitrogens with one attached hydrogen (secondary N) is 3. The normalized spacial score (nSPS) is 11.4. The summed E-state index contributed by atoms with van der Waals surface area (Å²) in [4.78, 5) is 26.5. The molecule has 0 amide bonds. The first-order chi connectivity index (χ1) is 14.3. The van der Waals surface area contributed by atoms with E-state index in [-0.39, 0.29) is 5.69 Å². The van der Waals surface area contributed by atoms with Gasteiger partial charge in [-0.2, -0.15) is 0 Å². The molecule has 0 radical (unpaired) electrons. The van der Waals surface area contributed by atoms with Crippen molar-refractivity contribution in [2.24, 2.45) is 0 Å². The maximum Gasteiger partial charge on any atom is 0.325 e. The molecule has 0 spiro atoms. The average Bonchev–Trinajstić information content (AvgIpc) is 3.18. The van der Waals surface area contributed by atoms with Gasteiger partial charge in [-0.3, -0.25) is 14.5 Å². The summed E-state index contributed by atoms with van der Waals surface area (Å²) in [6.07, 6.45) is 2.52. The van der Waals surface area contributed by atoms with Crippen molar-refractivity contribution in [2.75, 3.05) is 4.72 Å². The summed E-state index contributed by atoms with van der Waals surface area (Å²) in [6, 6.07) is 14.3. The predicted octanol–water partition coefficient (Wildman–Crippen LogP) is 1.42. The monoisotopic (exact) mass is 424 g/mol. The van der Waals surface area contributed by atoms with Gasteiger partial charge < -0.3 is 4.98 Å². The molecule has 2 aromatic carbocycles. The number of aryl methyl sites for hydroxylation is 1. The Hall–Kier alpha value is -3.99. The minimum atomic E-state index is -4.26. The van der Waals surface area contributed by atoms with Crippen LogP contribution < -0.4 is 16.0 Å². The molecule has 0 fully saturated rings. The molecule has 152 valence electrons. The van der Waals surface area contributed by atoms with E-state index in [1.165, 1.54) is 0 Å². The van der Waals surface area contributed by atoms with Crippen molar-refractivity contribution in [3.8, 4) is 16.9 Å². The van der Waals surface area contributed by atoms with Crippen LogP contribution in [0.3, 0.4) is 0 Å². The van der Waals surface area contributed by atoms with Gasteiger partial charge in [0.2, 0.25) is 0 Å². The summed E-state index contributed by atoms with van der Waals surface area (Å²) in [5, 5.41) is 8.27. The van der Waals surface area contributed by atoms with Crippen LogP contribution in [0.1, 0.15) is 5.56 Å². The minimum absolute atomic E-state index is 0.208. The molecule has 3 N–H and O–H groups in total. The van der Waals surface area contributed by atoms with Gasteiger partial charge in [-0.1, -0.05) is 35.5 Å². The number of hydrogen-bond acceptors (Lipinski definition) is 6. The Morgan fingerprint density at radius 2 is 1.87 bits per heavy atom. The van der Waals surface area contributed by atoms with E-state index in [9.17, 15) is 18.0 Å². The van der Waals surface area contributed by atoms with Crippen LogP contribution >= 0.6 is 0 Å². The summed E-state index contributed by atoms with van der Waals surface area (Å²) in [5.74, 6) is 0. The smallest absolute Gasteiger partial charge is 0.313 e. The van der Waals surface area contributed by atoms with Gasteiger partial charge in [0.15, 0.2) is 4.90 Å². The van der Waals surface area contributed by atoms with Crippen LogP contribution in [0.2, 0.25) is 0 Å². The predicted molar refractivity (Wildman–Crippen MR) is 110 cm³/mol. The van der Waals surface area contributed by atoms with Gasteiger partial charge in [0.1, 0.15) is 5.69 Å². The van der Waals surface area contributed by atoms with E-state index in [0.29, 0.717) is 11.3 Å². The standard InChI is InChI=1S/C19H16N6O4S/c1-12-5-4-6-13(9-12)25-11-16(22-24-25)14-7-2-3-8-15(14)23-30(28,29)17-10-20-19(27)21-18(17)26/h2-11,23H,1H3,(H2,20,21,26,27). The molecular formula is C19H16N6O4S. The second-order valence-electron chi connectivity index (χ2n) is 6.47. The van der Waals surface area contributed by atoms with Crippen LogP contribution in [0.5, 0.6) is 0 Å². The van der Waals surface area contributed by atoms with Gasteiger partial charge in [-0.05, 0) is 30.7 Å². The molecule has 0 aliphatic heterocycles. The molecule has 0 bridgehead atoms. The van der Waals surface area contributed by atoms with Crippen molar-refractivity contribution >= 4 is 15.7 Å². The fraction of sp³-hybridized carbons (Fsp3) is 0.0526. The summed E-state index contributed by atoms with van der Waals surface area (Å²) in [5.41, 5.74) is 1.17. The van der Waals surface area contributed by atoms with E-state index >= 15 is 0 Å². The van der Waals surface area contributed by atoms with E-state index in [1.807, 2.05) is 36.2 Å². The molecule has 0 saturated heterocycles. The zero-order chi connectivity index (χ0) is 21.3. The maximum absolute atomic E-state index is 12.7. The third-order valence-corrected chi connectivity index (χ3v) is 5.65. The van der Waals surface area contributed by atoms with E-state index in [0.717, 1.165) is 17.4 Å². The van der Waals surface area contributed by atoms with Crippen molar-refractivity contribution in [3.05, 3.63) is 87.3 Å². The van der Waals surface area contributed by atoms with Crippen LogP contribution in [-0.2, 0) is 10.0 Å². The van der Waals surface area contributed by atoms with E-state index in [4.69, 9.17) is 0 Å². The molecule has 0 atom stereocenters. The number of para-hydroxylation sites is 1. The van der Waals surface area contributed by atoms with E-state index in [2.05, 4.69) is 20.0 Å². The number of benzene rings is 2. The van der Waals surface area contributed by atoms with Crippen LogP contribution in [-0.4, -0.2) is 33.4 Å². The number of H-pyrrole nitrogens is 2. The van der Waals surface area contributed by atoms with Crippen molar-refractivity contribution in [2.45, 2.75) is 11.8 Å². The Morgan fingerprint density at radius 1 is 1.07 bits per heavy atom. The lowest BCUT2D eigenvalue weighted by Crippen LogP contribution is -2.29. The number of nitrogens with zero attached hydrogens (tertiary/aromatic N) is 3. The third-order valence-electron chi connectivity index (χ3n) is 4.28. The zero-order valence-electron chi connectivity index (χ0n) is 15.7. The molecule has 0 aliphatic carbocycles. The maximum atomic E-state index is 12.7. The van der Waals surface area contributed by atoms with Gasteiger partial charge in [0.05, 0.1) is 17.6 Å². The van der Waals surface area contributed by atoms with Crippen LogP contribution in [0.25, 0.3) is 16.9 Å². The summed E-state index contributed by atoms with van der Waals surface area (Å²) in [7, 11) is -4.26. The van der Waals surface area contributed by atoms with Crippen LogP contribution in [0.15, 0.2) is 75.4 Å². The fourth-order valence-electron chi connectivity index (χ4n) is 2.88. The first-order valence-electron chi connectivity index (χ1n) is 8.77. The molecule has 2 heterocycles. The van der Waals surface area contributed by atoms with E-state index < -0.39 is 26.2 Å².